The summed E-state index contributed by atoms with van der Waals surface area (Å²) >= 11 is 0. The van der Waals surface area contributed by atoms with Crippen LogP contribution in [0, 0.1) is 0 Å². The van der Waals surface area contributed by atoms with Crippen LogP contribution in [0.5, 0.6) is 0 Å². The van der Waals surface area contributed by atoms with E-state index >= 15 is 0 Å². The molecule has 1 aromatic heterocycles. The second-order valence-electron chi connectivity index (χ2n) is 5.37. The first-order chi connectivity index (χ1) is 10.1. The molecule has 0 saturated heterocycles. The van der Waals surface area contributed by atoms with Crippen LogP contribution in [0.3, 0.4) is 0 Å². The number of rotatable bonds is 6. The van der Waals surface area contributed by atoms with E-state index in [1.165, 1.54) is 0 Å². The van der Waals surface area contributed by atoms with Crippen molar-refractivity contribution in [2.24, 2.45) is 0 Å². The average molecular weight is 285 g/mol. The second kappa shape index (κ2) is 7.04. The first-order valence-electron chi connectivity index (χ1n) is 7.20. The van der Waals surface area contributed by atoms with Crippen LogP contribution in [0.15, 0.2) is 36.4 Å². The smallest absolute Gasteiger partial charge is 0.163 e. The zero-order chi connectivity index (χ0) is 15.2. The quantitative estimate of drug-likeness (QED) is 0.853. The highest BCUT2D eigenvalue weighted by molar-refractivity contribution is 5.60. The number of nitrogens with zero attached hydrogens (tertiary/aromatic N) is 3. The molecule has 5 nitrogen and oxygen atoms in total. The van der Waals surface area contributed by atoms with E-state index in [0.717, 1.165) is 24.5 Å². The number of hydrogen-bond acceptors (Lipinski definition) is 5. The van der Waals surface area contributed by atoms with Gasteiger partial charge in [0.1, 0.15) is 11.6 Å². The molecule has 0 saturated carbocycles. The van der Waals surface area contributed by atoms with E-state index in [4.69, 9.17) is 5.73 Å². The van der Waals surface area contributed by atoms with Gasteiger partial charge in [0.2, 0.25) is 0 Å². The van der Waals surface area contributed by atoms with Gasteiger partial charge in [0.15, 0.2) is 5.82 Å². The van der Waals surface area contributed by atoms with Gasteiger partial charge in [0.05, 0.1) is 0 Å². The Balaban J connectivity index is 2.06. The molecule has 1 heterocycles. The number of nitrogen functional groups attached to an aromatic ring is 1. The van der Waals surface area contributed by atoms with Crippen molar-refractivity contribution < 1.29 is 0 Å². The van der Waals surface area contributed by atoms with Gasteiger partial charge in [-0.1, -0.05) is 30.3 Å². The third kappa shape index (κ3) is 4.43. The molecule has 0 fully saturated rings. The van der Waals surface area contributed by atoms with Gasteiger partial charge >= 0.3 is 0 Å². The van der Waals surface area contributed by atoms with E-state index in [2.05, 4.69) is 41.1 Å². The SMILES string of the molecule is CC(C)N(C)CCNc1cc(N)nc(-c2ccccc2)n1. The van der Waals surface area contributed by atoms with Crippen molar-refractivity contribution in [3.8, 4) is 11.4 Å². The summed E-state index contributed by atoms with van der Waals surface area (Å²) in [7, 11) is 2.11. The minimum absolute atomic E-state index is 0.476. The summed E-state index contributed by atoms with van der Waals surface area (Å²) in [5.74, 6) is 1.89. The molecule has 0 bridgehead atoms. The van der Waals surface area contributed by atoms with Gasteiger partial charge in [0, 0.05) is 30.8 Å². The number of aromatic nitrogens is 2. The summed E-state index contributed by atoms with van der Waals surface area (Å²) in [5, 5.41) is 3.31. The number of anilines is 2. The third-order valence-corrected chi connectivity index (χ3v) is 3.43. The van der Waals surface area contributed by atoms with Crippen LogP contribution in [-0.4, -0.2) is 41.0 Å². The maximum absolute atomic E-state index is 5.87. The lowest BCUT2D eigenvalue weighted by Gasteiger charge is -2.21. The molecule has 0 atom stereocenters. The van der Waals surface area contributed by atoms with Crippen molar-refractivity contribution in [2.45, 2.75) is 19.9 Å². The standard InChI is InChI=1S/C16H23N5/c1-12(2)21(3)10-9-18-15-11-14(17)19-16(20-15)13-7-5-4-6-8-13/h4-8,11-12H,9-10H2,1-3H3,(H3,17,18,19,20). The van der Waals surface area contributed by atoms with E-state index in [1.54, 1.807) is 6.07 Å². The predicted molar refractivity (Wildman–Crippen MR) is 88.1 cm³/mol. The molecule has 0 radical (unpaired) electrons. The summed E-state index contributed by atoms with van der Waals surface area (Å²) in [6, 6.07) is 12.1. The largest absolute Gasteiger partial charge is 0.384 e. The van der Waals surface area contributed by atoms with Crippen LogP contribution >= 0.6 is 0 Å². The Bertz CT molecular complexity index is 568. The van der Waals surface area contributed by atoms with Crippen molar-refractivity contribution in [1.82, 2.24) is 14.9 Å². The average Bonchev–Trinajstić information content (AvgIpc) is 2.47. The molecule has 3 N–H and O–H groups in total. The van der Waals surface area contributed by atoms with Crippen LogP contribution in [-0.2, 0) is 0 Å². The molecule has 2 aromatic rings. The molecule has 5 heteroatoms. The lowest BCUT2D eigenvalue weighted by molar-refractivity contribution is 0.284. The molecule has 0 aliphatic heterocycles. The highest BCUT2D eigenvalue weighted by Gasteiger charge is 2.06. The Kier molecular flexibility index (Phi) is 5.11. The van der Waals surface area contributed by atoms with E-state index in [9.17, 15) is 0 Å². The minimum atomic E-state index is 0.476. The molecule has 112 valence electrons. The molecular formula is C16H23N5. The van der Waals surface area contributed by atoms with Crippen molar-refractivity contribution >= 4 is 11.6 Å². The molecule has 0 amide bonds. The summed E-state index contributed by atoms with van der Waals surface area (Å²) < 4.78 is 0. The normalized spacial score (nSPS) is 11.1. The van der Waals surface area contributed by atoms with Gasteiger partial charge in [-0.25, -0.2) is 9.97 Å². The first kappa shape index (κ1) is 15.3. The van der Waals surface area contributed by atoms with Crippen LogP contribution in [0.2, 0.25) is 0 Å². The molecule has 0 aliphatic carbocycles. The molecule has 2 rings (SSSR count). The first-order valence-corrected chi connectivity index (χ1v) is 7.20. The number of likely N-dealkylation sites (N-methyl/N-ethyl adjacent to an activating group) is 1. The minimum Gasteiger partial charge on any atom is -0.384 e. The van der Waals surface area contributed by atoms with Gasteiger partial charge in [-0.05, 0) is 20.9 Å². The van der Waals surface area contributed by atoms with E-state index in [1.807, 2.05) is 30.3 Å². The monoisotopic (exact) mass is 285 g/mol. The van der Waals surface area contributed by atoms with Crippen molar-refractivity contribution in [2.75, 3.05) is 31.2 Å². The molecule has 0 spiro atoms. The van der Waals surface area contributed by atoms with Crippen LogP contribution < -0.4 is 11.1 Å². The van der Waals surface area contributed by atoms with Gasteiger partial charge in [0.25, 0.3) is 0 Å². The Morgan fingerprint density at radius 3 is 2.57 bits per heavy atom. The Morgan fingerprint density at radius 2 is 1.90 bits per heavy atom. The fraction of sp³-hybridized carbons (Fsp3) is 0.375. The molecule has 1 aromatic carbocycles. The summed E-state index contributed by atoms with van der Waals surface area (Å²) in [4.78, 5) is 11.1. The topological polar surface area (TPSA) is 67.1 Å². The van der Waals surface area contributed by atoms with E-state index in [0.29, 0.717) is 17.7 Å². The summed E-state index contributed by atoms with van der Waals surface area (Å²) in [5.41, 5.74) is 6.84. The Hall–Kier alpha value is -2.14. The number of nitrogens with one attached hydrogen (secondary N) is 1. The Labute approximate surface area is 126 Å². The maximum Gasteiger partial charge on any atom is 0.163 e. The molecule has 0 aliphatic rings. The van der Waals surface area contributed by atoms with Crippen molar-refractivity contribution in [3.05, 3.63) is 36.4 Å². The van der Waals surface area contributed by atoms with E-state index < -0.39 is 0 Å². The van der Waals surface area contributed by atoms with Gasteiger partial charge in [-0.3, -0.25) is 0 Å². The predicted octanol–water partition coefficient (Wildman–Crippen LogP) is 2.48. The van der Waals surface area contributed by atoms with Crippen molar-refractivity contribution in [3.63, 3.8) is 0 Å². The Morgan fingerprint density at radius 1 is 1.19 bits per heavy atom. The van der Waals surface area contributed by atoms with Crippen LogP contribution in [0.1, 0.15) is 13.8 Å². The fourth-order valence-electron chi connectivity index (χ4n) is 1.89. The van der Waals surface area contributed by atoms with Gasteiger partial charge in [-0.2, -0.15) is 0 Å². The highest BCUT2D eigenvalue weighted by atomic mass is 15.1. The lowest BCUT2D eigenvalue weighted by atomic mass is 10.2. The zero-order valence-corrected chi connectivity index (χ0v) is 12.9. The molecular weight excluding hydrogens is 262 g/mol. The number of benzene rings is 1. The molecule has 0 unspecified atom stereocenters. The van der Waals surface area contributed by atoms with Crippen molar-refractivity contribution in [1.29, 1.82) is 0 Å². The van der Waals surface area contributed by atoms with Crippen LogP contribution in [0.4, 0.5) is 11.6 Å². The van der Waals surface area contributed by atoms with Crippen LogP contribution in [0.25, 0.3) is 11.4 Å². The van der Waals surface area contributed by atoms with Gasteiger partial charge < -0.3 is 16.0 Å². The lowest BCUT2D eigenvalue weighted by Crippen LogP contribution is -2.31. The third-order valence-electron chi connectivity index (χ3n) is 3.43. The maximum atomic E-state index is 5.87. The fourth-order valence-corrected chi connectivity index (χ4v) is 1.89. The zero-order valence-electron chi connectivity index (χ0n) is 12.9. The number of nitrogens with two attached hydrogens (primary N) is 1. The summed E-state index contributed by atoms with van der Waals surface area (Å²) in [6.45, 7) is 6.12. The second-order valence-corrected chi connectivity index (χ2v) is 5.37. The number of hydrogen-bond donors (Lipinski definition) is 2. The highest BCUT2D eigenvalue weighted by Crippen LogP contribution is 2.18. The molecule has 21 heavy (non-hydrogen) atoms. The van der Waals surface area contributed by atoms with Gasteiger partial charge in [-0.15, -0.1) is 0 Å². The summed E-state index contributed by atoms with van der Waals surface area (Å²) in [6.07, 6.45) is 0. The van der Waals surface area contributed by atoms with E-state index in [-0.39, 0.29) is 0 Å².